The number of thiol groups is 1. The number of nitrogens with one attached hydrogen (secondary N) is 2. The van der Waals surface area contributed by atoms with Gasteiger partial charge in [0.1, 0.15) is 0 Å². The normalized spacial score (nSPS) is 14.2. The van der Waals surface area contributed by atoms with Crippen LogP contribution >= 0.6 is 24.4 Å². The fraction of sp³-hybridized carbons (Fsp3) is 0.235. The summed E-state index contributed by atoms with van der Waals surface area (Å²) in [5, 5.41) is 20.0. The number of thioether (sulfide) groups is 1. The van der Waals surface area contributed by atoms with E-state index in [0.29, 0.717) is 16.8 Å². The fourth-order valence-corrected chi connectivity index (χ4v) is 4.52. The summed E-state index contributed by atoms with van der Waals surface area (Å²) in [6, 6.07) is 9.90. The number of tetrazole rings is 1. The number of aromatic nitrogens is 4. The van der Waals surface area contributed by atoms with Gasteiger partial charge in [-0.1, -0.05) is 12.1 Å². The Kier molecular flexibility index (Phi) is 4.96. The minimum Gasteiger partial charge on any atom is -0.397 e. The molecule has 0 bridgehead atoms. The molecular formula is C17H20N8S2. The van der Waals surface area contributed by atoms with Gasteiger partial charge in [0.05, 0.1) is 11.4 Å². The summed E-state index contributed by atoms with van der Waals surface area (Å²) >= 11 is 6.63. The highest BCUT2D eigenvalue weighted by Crippen LogP contribution is 2.42. The Morgan fingerprint density at radius 3 is 2.70 bits per heavy atom. The summed E-state index contributed by atoms with van der Waals surface area (Å²) in [6.07, 6.45) is 0. The van der Waals surface area contributed by atoms with Crippen LogP contribution in [0.4, 0.5) is 11.4 Å². The molecule has 1 fully saturated rings. The van der Waals surface area contributed by atoms with E-state index in [0.717, 1.165) is 45.3 Å². The van der Waals surface area contributed by atoms with Gasteiger partial charge in [-0.2, -0.15) is 5.21 Å². The number of hydrazine groups is 1. The number of nitrogens with zero attached hydrogens (tertiary/aromatic N) is 4. The highest BCUT2D eigenvalue weighted by atomic mass is 32.2. The van der Waals surface area contributed by atoms with Crippen LogP contribution in [0.2, 0.25) is 0 Å². The van der Waals surface area contributed by atoms with Crippen LogP contribution < -0.4 is 21.9 Å². The lowest BCUT2D eigenvalue weighted by Gasteiger charge is -2.27. The second-order valence-corrected chi connectivity index (χ2v) is 8.14. The average Bonchev–Trinajstić information content (AvgIpc) is 3.13. The van der Waals surface area contributed by atoms with Gasteiger partial charge in [0.25, 0.3) is 0 Å². The first-order valence-corrected chi connectivity index (χ1v) is 9.72. The van der Waals surface area contributed by atoms with Crippen molar-refractivity contribution in [2.24, 2.45) is 5.84 Å². The number of rotatable bonds is 5. The maximum atomic E-state index is 6.05. The number of hydrogen-bond acceptors (Lipinski definition) is 9. The van der Waals surface area contributed by atoms with Crippen LogP contribution in [0.3, 0.4) is 0 Å². The monoisotopic (exact) mass is 400 g/mol. The Labute approximate surface area is 166 Å². The molecule has 8 nitrogen and oxygen atoms in total. The second kappa shape index (κ2) is 7.39. The molecule has 0 aliphatic carbocycles. The maximum absolute atomic E-state index is 6.05. The Morgan fingerprint density at radius 2 is 2.07 bits per heavy atom. The first-order chi connectivity index (χ1) is 13.0. The number of hydrogen-bond donors (Lipinski definition) is 5. The first-order valence-electron chi connectivity index (χ1n) is 8.40. The van der Waals surface area contributed by atoms with Crippen LogP contribution in [0, 0.1) is 0 Å². The molecule has 140 valence electrons. The van der Waals surface area contributed by atoms with Gasteiger partial charge >= 0.3 is 0 Å². The lowest BCUT2D eigenvalue weighted by atomic mass is 9.98. The molecule has 1 aromatic heterocycles. The van der Waals surface area contributed by atoms with E-state index in [1.165, 1.54) is 5.01 Å². The van der Waals surface area contributed by atoms with Gasteiger partial charge in [-0.3, -0.25) is 0 Å². The summed E-state index contributed by atoms with van der Waals surface area (Å²) in [5.41, 5.74) is 10.1. The van der Waals surface area contributed by atoms with Crippen molar-refractivity contribution in [1.29, 1.82) is 0 Å². The zero-order chi connectivity index (χ0) is 19.0. The molecule has 1 saturated heterocycles. The predicted molar refractivity (Wildman–Crippen MR) is 112 cm³/mol. The number of anilines is 2. The van der Waals surface area contributed by atoms with Crippen LogP contribution in [0.25, 0.3) is 22.5 Å². The van der Waals surface area contributed by atoms with Gasteiger partial charge in [-0.05, 0) is 34.5 Å². The van der Waals surface area contributed by atoms with E-state index in [-0.39, 0.29) is 0 Å². The van der Waals surface area contributed by atoms with Crippen molar-refractivity contribution in [1.82, 2.24) is 25.9 Å². The molecule has 0 unspecified atom stereocenters. The summed E-state index contributed by atoms with van der Waals surface area (Å²) in [7, 11) is 1.76. The third-order valence-electron chi connectivity index (χ3n) is 4.47. The molecule has 6 N–H and O–H groups in total. The molecule has 3 aromatic rings. The Morgan fingerprint density at radius 1 is 1.26 bits per heavy atom. The second-order valence-electron chi connectivity index (χ2n) is 6.35. The first kappa shape index (κ1) is 18.1. The Balaban J connectivity index is 1.85. The number of nitrogen functional groups attached to an aromatic ring is 1. The fourth-order valence-electron chi connectivity index (χ4n) is 2.94. The van der Waals surface area contributed by atoms with E-state index in [1.807, 2.05) is 30.0 Å². The average molecular weight is 401 g/mol. The Hall–Kier alpha value is -2.27. The molecule has 0 saturated carbocycles. The number of benzene rings is 2. The van der Waals surface area contributed by atoms with Gasteiger partial charge in [0, 0.05) is 40.7 Å². The summed E-state index contributed by atoms with van der Waals surface area (Å²) in [6.45, 7) is 2.00. The lowest BCUT2D eigenvalue weighted by Crippen LogP contribution is -2.44. The molecule has 4 rings (SSSR count). The zero-order valence-corrected chi connectivity index (χ0v) is 16.4. The van der Waals surface area contributed by atoms with E-state index in [1.54, 1.807) is 7.05 Å². The van der Waals surface area contributed by atoms with E-state index in [2.05, 4.69) is 38.1 Å². The van der Waals surface area contributed by atoms with Crippen molar-refractivity contribution >= 4 is 35.8 Å². The van der Waals surface area contributed by atoms with Crippen molar-refractivity contribution in [3.8, 4) is 22.5 Å². The van der Waals surface area contributed by atoms with E-state index in [4.69, 9.17) is 24.2 Å². The molecule has 0 atom stereocenters. The van der Waals surface area contributed by atoms with Crippen LogP contribution in [-0.4, -0.2) is 46.0 Å². The smallest absolute Gasteiger partial charge is 0.206 e. The standard InChI is InChI=1S/C17H20N8S2/c1-25(19)13-6-9(2-4-12(13)18)11-3-5-14(27-10-7-20-8-10)16(26)15(11)17-21-23-24-22-17/h2-6,10,20,26H,7-8,18-19H2,1H3,(H,21,22,23,24). The van der Waals surface area contributed by atoms with Gasteiger partial charge < -0.3 is 16.1 Å². The van der Waals surface area contributed by atoms with E-state index >= 15 is 0 Å². The van der Waals surface area contributed by atoms with E-state index < -0.39 is 0 Å². The molecule has 10 heteroatoms. The van der Waals surface area contributed by atoms with Gasteiger partial charge in [0.15, 0.2) is 0 Å². The van der Waals surface area contributed by atoms with Crippen LogP contribution in [0.15, 0.2) is 40.1 Å². The van der Waals surface area contributed by atoms with Crippen LogP contribution in [-0.2, 0) is 0 Å². The minimum atomic E-state index is 0.503. The molecule has 1 aliphatic heterocycles. The molecule has 2 aromatic carbocycles. The summed E-state index contributed by atoms with van der Waals surface area (Å²) in [5.74, 6) is 6.42. The quantitative estimate of drug-likeness (QED) is 0.190. The number of H-pyrrole nitrogens is 1. The van der Waals surface area contributed by atoms with Crippen molar-refractivity contribution in [3.63, 3.8) is 0 Å². The number of nitrogens with two attached hydrogens (primary N) is 2. The third-order valence-corrected chi connectivity index (χ3v) is 6.35. The molecule has 0 radical (unpaired) electrons. The lowest BCUT2D eigenvalue weighted by molar-refractivity contribution is 0.543. The molecule has 0 spiro atoms. The third kappa shape index (κ3) is 3.48. The SMILES string of the molecule is CN(N)c1cc(-c2ccc(SC3CNC3)c(S)c2-c2nn[nH]n2)ccc1N. The van der Waals surface area contributed by atoms with E-state index in [9.17, 15) is 0 Å². The summed E-state index contributed by atoms with van der Waals surface area (Å²) < 4.78 is 0. The highest BCUT2D eigenvalue weighted by Gasteiger charge is 2.23. The molecule has 2 heterocycles. The number of aromatic amines is 1. The van der Waals surface area contributed by atoms with Gasteiger partial charge in [0.2, 0.25) is 5.82 Å². The highest BCUT2D eigenvalue weighted by molar-refractivity contribution is 8.00. The van der Waals surface area contributed by atoms with Crippen LogP contribution in [0.5, 0.6) is 0 Å². The van der Waals surface area contributed by atoms with Crippen molar-refractivity contribution in [2.45, 2.75) is 15.0 Å². The Bertz CT molecular complexity index is 954. The van der Waals surface area contributed by atoms with Crippen molar-refractivity contribution in [3.05, 3.63) is 30.3 Å². The molecular weight excluding hydrogens is 380 g/mol. The van der Waals surface area contributed by atoms with Gasteiger partial charge in [-0.25, -0.2) is 5.84 Å². The molecule has 1 aliphatic rings. The summed E-state index contributed by atoms with van der Waals surface area (Å²) in [4.78, 5) is 1.94. The largest absolute Gasteiger partial charge is 0.397 e. The molecule has 27 heavy (non-hydrogen) atoms. The molecule has 0 amide bonds. The zero-order valence-electron chi connectivity index (χ0n) is 14.7. The topological polar surface area (TPSA) is 122 Å². The maximum Gasteiger partial charge on any atom is 0.206 e. The predicted octanol–water partition coefficient (Wildman–Crippen LogP) is 1.78. The van der Waals surface area contributed by atoms with Crippen molar-refractivity contribution < 1.29 is 0 Å². The van der Waals surface area contributed by atoms with Crippen molar-refractivity contribution in [2.75, 3.05) is 30.9 Å². The van der Waals surface area contributed by atoms with Gasteiger partial charge in [-0.15, -0.1) is 34.6 Å². The van der Waals surface area contributed by atoms with Crippen LogP contribution in [0.1, 0.15) is 0 Å². The minimum absolute atomic E-state index is 0.503.